The van der Waals surface area contributed by atoms with Crippen LogP contribution in [0, 0.1) is 0 Å². The highest BCUT2D eigenvalue weighted by atomic mass is 16.2. The monoisotopic (exact) mass is 389 g/mol. The van der Waals surface area contributed by atoms with Crippen molar-refractivity contribution in [3.05, 3.63) is 64.8 Å². The van der Waals surface area contributed by atoms with E-state index in [1.54, 1.807) is 0 Å². The highest BCUT2D eigenvalue weighted by Crippen LogP contribution is 2.25. The average molecular weight is 389 g/mol. The van der Waals surface area contributed by atoms with Gasteiger partial charge in [-0.1, -0.05) is 30.3 Å². The van der Waals surface area contributed by atoms with Gasteiger partial charge in [0.25, 0.3) is 11.8 Å². The number of benzene rings is 2. The molecule has 0 unspecified atom stereocenters. The number of nitrogens with zero attached hydrogens (tertiary/aromatic N) is 3. The molecule has 0 bridgehead atoms. The number of fused-ring (bicyclic) bond motifs is 1. The number of aromatic nitrogens is 2. The van der Waals surface area contributed by atoms with Crippen LogP contribution in [0.5, 0.6) is 0 Å². The van der Waals surface area contributed by atoms with Crippen LogP contribution >= 0.6 is 0 Å². The van der Waals surface area contributed by atoms with Crippen LogP contribution in [0.2, 0.25) is 0 Å². The van der Waals surface area contributed by atoms with Crippen LogP contribution in [-0.4, -0.2) is 40.0 Å². The van der Waals surface area contributed by atoms with Gasteiger partial charge in [-0.2, -0.15) is 0 Å². The molecule has 3 aromatic rings. The smallest absolute Gasteiger partial charge is 0.271 e. The number of hydrogen-bond acceptors (Lipinski definition) is 5. The molecule has 7 nitrogen and oxygen atoms in total. The van der Waals surface area contributed by atoms with Gasteiger partial charge in [0, 0.05) is 24.0 Å². The van der Waals surface area contributed by atoms with E-state index in [1.807, 2.05) is 47.4 Å². The zero-order valence-corrected chi connectivity index (χ0v) is 16.1. The standard InChI is InChI=1S/C22H23N5O2/c23-18-17-10-3-8-15(19(17)25-26-20(18)21(24)28)7-1-5-14-6-2-9-16(13-14)22(29)27-11-4-12-27/h2-3,6,8-10,13H,1,4-5,7,11-12H2,(H2,23,25)(H2,24,28). The summed E-state index contributed by atoms with van der Waals surface area (Å²) in [6.45, 7) is 1.71. The minimum Gasteiger partial charge on any atom is -0.396 e. The van der Waals surface area contributed by atoms with Crippen molar-refractivity contribution >= 4 is 28.4 Å². The molecule has 2 heterocycles. The maximum atomic E-state index is 12.4. The largest absolute Gasteiger partial charge is 0.396 e. The molecule has 1 aliphatic rings. The van der Waals surface area contributed by atoms with Crippen LogP contribution in [0.1, 0.15) is 44.8 Å². The Labute approximate surface area is 168 Å². The fourth-order valence-corrected chi connectivity index (χ4v) is 3.64. The highest BCUT2D eigenvalue weighted by molar-refractivity contribution is 6.04. The fourth-order valence-electron chi connectivity index (χ4n) is 3.64. The summed E-state index contributed by atoms with van der Waals surface area (Å²) in [6, 6.07) is 13.6. The number of amides is 2. The number of nitrogen functional groups attached to an aromatic ring is 1. The molecule has 148 valence electrons. The Hall–Kier alpha value is -3.48. The maximum Gasteiger partial charge on any atom is 0.271 e. The molecule has 1 fully saturated rings. The Kier molecular flexibility index (Phi) is 5.12. The van der Waals surface area contributed by atoms with E-state index in [1.165, 1.54) is 0 Å². The first kappa shape index (κ1) is 18.9. The Morgan fingerprint density at radius 1 is 1.03 bits per heavy atom. The number of primary amides is 1. The SMILES string of the molecule is NC(=O)c1nnc2c(CCCc3cccc(C(=O)N4CCC4)c3)cccc2c1N. The Morgan fingerprint density at radius 3 is 2.55 bits per heavy atom. The van der Waals surface area contributed by atoms with Crippen LogP contribution < -0.4 is 11.5 Å². The number of hydrogen-bond donors (Lipinski definition) is 2. The van der Waals surface area contributed by atoms with Gasteiger partial charge in [-0.25, -0.2) is 0 Å². The molecule has 0 spiro atoms. The van der Waals surface area contributed by atoms with Crippen molar-refractivity contribution in [3.63, 3.8) is 0 Å². The third kappa shape index (κ3) is 3.76. The molecular weight excluding hydrogens is 366 g/mol. The molecule has 7 heteroatoms. The quantitative estimate of drug-likeness (QED) is 0.671. The van der Waals surface area contributed by atoms with Crippen LogP contribution in [0.4, 0.5) is 5.69 Å². The predicted octanol–water partition coefficient (Wildman–Crippen LogP) is 2.33. The third-order valence-electron chi connectivity index (χ3n) is 5.38. The number of rotatable bonds is 6. The Morgan fingerprint density at radius 2 is 1.83 bits per heavy atom. The molecular formula is C22H23N5O2. The van der Waals surface area contributed by atoms with E-state index in [2.05, 4.69) is 10.2 Å². The van der Waals surface area contributed by atoms with Crippen molar-refractivity contribution in [2.45, 2.75) is 25.7 Å². The lowest BCUT2D eigenvalue weighted by Crippen LogP contribution is -2.42. The maximum absolute atomic E-state index is 12.4. The molecule has 2 amide bonds. The molecule has 29 heavy (non-hydrogen) atoms. The van der Waals surface area contributed by atoms with Crippen molar-refractivity contribution in [2.24, 2.45) is 5.73 Å². The normalized spacial score (nSPS) is 13.3. The predicted molar refractivity (Wildman–Crippen MR) is 111 cm³/mol. The van der Waals surface area contributed by atoms with Gasteiger partial charge < -0.3 is 16.4 Å². The summed E-state index contributed by atoms with van der Waals surface area (Å²) in [5, 5.41) is 8.77. The molecule has 0 radical (unpaired) electrons. The topological polar surface area (TPSA) is 115 Å². The first-order chi connectivity index (χ1) is 14.0. The van der Waals surface area contributed by atoms with Gasteiger partial charge in [0.15, 0.2) is 5.69 Å². The third-order valence-corrected chi connectivity index (χ3v) is 5.38. The lowest BCUT2D eigenvalue weighted by Gasteiger charge is -2.31. The van der Waals surface area contributed by atoms with Gasteiger partial charge in [-0.05, 0) is 48.9 Å². The van der Waals surface area contributed by atoms with Crippen LogP contribution in [0.15, 0.2) is 42.5 Å². The summed E-state index contributed by atoms with van der Waals surface area (Å²) in [6.07, 6.45) is 3.61. The second-order valence-electron chi connectivity index (χ2n) is 7.34. The second kappa shape index (κ2) is 7.87. The van der Waals surface area contributed by atoms with Crippen LogP contribution in [0.3, 0.4) is 0 Å². The summed E-state index contributed by atoms with van der Waals surface area (Å²) in [5.41, 5.74) is 15.2. The van der Waals surface area contributed by atoms with Crippen molar-refractivity contribution in [3.8, 4) is 0 Å². The van der Waals surface area contributed by atoms with E-state index in [0.717, 1.165) is 55.5 Å². The number of carbonyl (C=O) groups is 2. The lowest BCUT2D eigenvalue weighted by atomic mass is 9.99. The average Bonchev–Trinajstić information content (AvgIpc) is 2.67. The molecule has 0 atom stereocenters. The molecule has 1 saturated heterocycles. The van der Waals surface area contributed by atoms with Crippen molar-refractivity contribution in [1.82, 2.24) is 15.1 Å². The molecule has 4 N–H and O–H groups in total. The molecule has 2 aromatic carbocycles. The van der Waals surface area contributed by atoms with Crippen molar-refractivity contribution in [2.75, 3.05) is 18.8 Å². The zero-order chi connectivity index (χ0) is 20.4. The number of aryl methyl sites for hydroxylation is 2. The number of nitrogens with two attached hydrogens (primary N) is 2. The summed E-state index contributed by atoms with van der Waals surface area (Å²) >= 11 is 0. The van der Waals surface area contributed by atoms with Gasteiger partial charge in [0.2, 0.25) is 0 Å². The summed E-state index contributed by atoms with van der Waals surface area (Å²) < 4.78 is 0. The van der Waals surface area contributed by atoms with E-state index in [0.29, 0.717) is 10.9 Å². The molecule has 1 aliphatic heterocycles. The van der Waals surface area contributed by atoms with Gasteiger partial charge >= 0.3 is 0 Å². The van der Waals surface area contributed by atoms with Crippen molar-refractivity contribution in [1.29, 1.82) is 0 Å². The zero-order valence-electron chi connectivity index (χ0n) is 16.1. The van der Waals surface area contributed by atoms with Gasteiger partial charge in [-0.3, -0.25) is 9.59 Å². The molecule has 0 saturated carbocycles. The number of carbonyl (C=O) groups excluding carboxylic acids is 2. The van der Waals surface area contributed by atoms with E-state index in [4.69, 9.17) is 11.5 Å². The minimum atomic E-state index is -0.685. The fraction of sp³-hybridized carbons (Fsp3) is 0.273. The van der Waals surface area contributed by atoms with Gasteiger partial charge in [0.1, 0.15) is 0 Å². The molecule has 0 aliphatic carbocycles. The Balaban J connectivity index is 1.47. The van der Waals surface area contributed by atoms with Gasteiger partial charge in [-0.15, -0.1) is 10.2 Å². The second-order valence-corrected chi connectivity index (χ2v) is 7.34. The number of anilines is 1. The summed E-state index contributed by atoms with van der Waals surface area (Å²) in [4.78, 5) is 25.7. The summed E-state index contributed by atoms with van der Waals surface area (Å²) in [5.74, 6) is -0.571. The lowest BCUT2D eigenvalue weighted by molar-refractivity contribution is 0.0651. The molecule has 1 aromatic heterocycles. The highest BCUT2D eigenvalue weighted by Gasteiger charge is 2.21. The van der Waals surface area contributed by atoms with E-state index in [9.17, 15) is 9.59 Å². The van der Waals surface area contributed by atoms with Crippen molar-refractivity contribution < 1.29 is 9.59 Å². The first-order valence-electron chi connectivity index (χ1n) is 9.76. The molecule has 4 rings (SSSR count). The van der Waals surface area contributed by atoms with E-state index >= 15 is 0 Å². The Bertz CT molecular complexity index is 1090. The first-order valence-corrected chi connectivity index (χ1v) is 9.76. The van der Waals surface area contributed by atoms with E-state index < -0.39 is 5.91 Å². The van der Waals surface area contributed by atoms with E-state index in [-0.39, 0.29) is 17.3 Å². The van der Waals surface area contributed by atoms with Crippen LogP contribution in [0.25, 0.3) is 10.9 Å². The minimum absolute atomic E-state index is 0.00154. The van der Waals surface area contributed by atoms with Gasteiger partial charge in [0.05, 0.1) is 11.2 Å². The number of likely N-dealkylation sites (tertiary alicyclic amines) is 1. The summed E-state index contributed by atoms with van der Waals surface area (Å²) in [7, 11) is 0. The van der Waals surface area contributed by atoms with Crippen LogP contribution in [-0.2, 0) is 12.8 Å².